The van der Waals surface area contributed by atoms with E-state index < -0.39 is 11.3 Å². The predicted octanol–water partition coefficient (Wildman–Crippen LogP) is 3.68. The van der Waals surface area contributed by atoms with Gasteiger partial charge in [-0.05, 0) is 38.3 Å². The summed E-state index contributed by atoms with van der Waals surface area (Å²) >= 11 is 0. The minimum absolute atomic E-state index is 0.00516. The number of H-pyrrole nitrogens is 1. The van der Waals surface area contributed by atoms with Crippen molar-refractivity contribution in [3.63, 3.8) is 0 Å². The number of rotatable bonds is 7. The van der Waals surface area contributed by atoms with Crippen molar-refractivity contribution >= 4 is 22.8 Å². The van der Waals surface area contributed by atoms with E-state index in [1.165, 1.54) is 0 Å². The number of likely N-dealkylation sites (tertiary alicyclic amines) is 1. The number of nitrogens with one attached hydrogen (secondary N) is 2. The molecule has 8 heteroatoms. The topological polar surface area (TPSA) is 100 Å². The fourth-order valence-electron chi connectivity index (χ4n) is 4.33. The van der Waals surface area contributed by atoms with Crippen molar-refractivity contribution in [1.29, 1.82) is 0 Å². The van der Waals surface area contributed by atoms with Crippen LogP contribution in [0.25, 0.3) is 11.0 Å². The van der Waals surface area contributed by atoms with Crippen molar-refractivity contribution in [1.82, 2.24) is 24.8 Å². The van der Waals surface area contributed by atoms with E-state index in [-0.39, 0.29) is 23.1 Å². The van der Waals surface area contributed by atoms with E-state index in [1.807, 2.05) is 42.7 Å². The molecule has 2 amide bonds. The molecule has 3 heterocycles. The molecular formula is C26H33N5O3. The lowest BCUT2D eigenvalue weighted by molar-refractivity contribution is 0.0759. The van der Waals surface area contributed by atoms with Gasteiger partial charge in [0, 0.05) is 44.5 Å². The molecule has 1 atom stereocenters. The van der Waals surface area contributed by atoms with Crippen LogP contribution >= 0.6 is 0 Å². The van der Waals surface area contributed by atoms with Crippen LogP contribution in [0.1, 0.15) is 78.5 Å². The Labute approximate surface area is 199 Å². The van der Waals surface area contributed by atoms with Gasteiger partial charge in [-0.15, -0.1) is 0 Å². The molecule has 34 heavy (non-hydrogen) atoms. The first kappa shape index (κ1) is 23.7. The molecule has 0 saturated carbocycles. The van der Waals surface area contributed by atoms with Crippen LogP contribution in [0.5, 0.6) is 0 Å². The third-order valence-electron chi connectivity index (χ3n) is 6.60. The highest BCUT2D eigenvalue weighted by Gasteiger charge is 2.24. The Kier molecular flexibility index (Phi) is 7.45. The molecule has 4 rings (SSSR count). The van der Waals surface area contributed by atoms with Gasteiger partial charge >= 0.3 is 0 Å². The van der Waals surface area contributed by atoms with Gasteiger partial charge in [-0.25, -0.2) is 4.98 Å². The predicted molar refractivity (Wildman–Crippen MR) is 132 cm³/mol. The summed E-state index contributed by atoms with van der Waals surface area (Å²) in [6.45, 7) is 5.66. The number of hydrogen-bond acceptors (Lipinski definition) is 4. The molecule has 0 spiro atoms. The van der Waals surface area contributed by atoms with Crippen LogP contribution in [-0.2, 0) is 6.42 Å². The van der Waals surface area contributed by atoms with Crippen LogP contribution < -0.4 is 10.7 Å². The molecule has 8 nitrogen and oxygen atoms in total. The zero-order valence-corrected chi connectivity index (χ0v) is 20.0. The number of para-hydroxylation sites is 2. The lowest BCUT2D eigenvalue weighted by atomic mass is 10.1. The van der Waals surface area contributed by atoms with E-state index in [4.69, 9.17) is 0 Å². The Bertz CT molecular complexity index is 1190. The zero-order valence-electron chi connectivity index (χ0n) is 20.0. The highest BCUT2D eigenvalue weighted by molar-refractivity contribution is 5.99. The number of fused-ring (bicyclic) bond motifs is 1. The summed E-state index contributed by atoms with van der Waals surface area (Å²) in [5.41, 5.74) is 1.40. The monoisotopic (exact) mass is 463 g/mol. The van der Waals surface area contributed by atoms with Gasteiger partial charge in [-0.2, -0.15) is 0 Å². The number of benzene rings is 1. The maximum Gasteiger partial charge on any atom is 0.259 e. The van der Waals surface area contributed by atoms with Gasteiger partial charge in [0.05, 0.1) is 11.0 Å². The van der Waals surface area contributed by atoms with Gasteiger partial charge in [0.15, 0.2) is 0 Å². The number of pyridine rings is 1. The van der Waals surface area contributed by atoms with E-state index in [2.05, 4.69) is 15.3 Å². The largest absolute Gasteiger partial charge is 0.351 e. The van der Waals surface area contributed by atoms with Crippen molar-refractivity contribution in [3.05, 3.63) is 63.8 Å². The fourth-order valence-corrected chi connectivity index (χ4v) is 4.33. The van der Waals surface area contributed by atoms with Crippen LogP contribution in [0, 0.1) is 0 Å². The highest BCUT2D eigenvalue weighted by atomic mass is 16.2. The van der Waals surface area contributed by atoms with Crippen molar-refractivity contribution < 1.29 is 9.59 Å². The molecule has 3 aromatic rings. The molecule has 0 unspecified atom stereocenters. The van der Waals surface area contributed by atoms with E-state index >= 15 is 0 Å². The normalized spacial score (nSPS) is 15.2. The number of amides is 2. The summed E-state index contributed by atoms with van der Waals surface area (Å²) in [5, 5.41) is 2.84. The Balaban J connectivity index is 1.54. The molecule has 0 radical (unpaired) electrons. The molecule has 1 aliphatic rings. The average Bonchev–Trinajstić information content (AvgIpc) is 3.06. The third-order valence-corrected chi connectivity index (χ3v) is 6.60. The Morgan fingerprint density at radius 3 is 2.50 bits per heavy atom. The second-order valence-corrected chi connectivity index (χ2v) is 9.03. The van der Waals surface area contributed by atoms with E-state index in [0.29, 0.717) is 26.1 Å². The standard InChI is InChI=1S/C26H33N5O3/c1-3-18(2)31-16-19(24(32)20(17-31)26(34)30-14-8-4-5-9-15-30)25(33)27-13-12-23-28-21-10-6-7-11-22(21)29-23/h6-7,10-11,16-18H,3-5,8-9,12-15H2,1-2H3,(H,27,33)(H,28,29)/t18-/m0/s1. The average molecular weight is 464 g/mol. The second-order valence-electron chi connectivity index (χ2n) is 9.03. The van der Waals surface area contributed by atoms with Crippen LogP contribution in [0.2, 0.25) is 0 Å². The van der Waals surface area contributed by atoms with E-state index in [0.717, 1.165) is 49.0 Å². The summed E-state index contributed by atoms with van der Waals surface area (Å²) in [7, 11) is 0. The Morgan fingerprint density at radius 2 is 1.79 bits per heavy atom. The highest BCUT2D eigenvalue weighted by Crippen LogP contribution is 2.16. The molecule has 180 valence electrons. The van der Waals surface area contributed by atoms with E-state index in [9.17, 15) is 14.4 Å². The first-order chi connectivity index (χ1) is 16.5. The van der Waals surface area contributed by atoms with E-state index in [1.54, 1.807) is 17.3 Å². The van der Waals surface area contributed by atoms with Crippen molar-refractivity contribution in [2.24, 2.45) is 0 Å². The quantitative estimate of drug-likeness (QED) is 0.558. The summed E-state index contributed by atoms with van der Waals surface area (Å²) in [6.07, 6.45) is 8.57. The first-order valence-corrected chi connectivity index (χ1v) is 12.2. The van der Waals surface area contributed by atoms with Crippen LogP contribution in [0.3, 0.4) is 0 Å². The number of carbonyl (C=O) groups is 2. The second kappa shape index (κ2) is 10.7. The number of carbonyl (C=O) groups excluding carboxylic acids is 2. The molecule has 2 N–H and O–H groups in total. The molecule has 1 fully saturated rings. The minimum atomic E-state index is -0.505. The molecule has 1 saturated heterocycles. The van der Waals surface area contributed by atoms with Gasteiger partial charge in [-0.3, -0.25) is 14.4 Å². The number of imidazole rings is 1. The van der Waals surface area contributed by atoms with Gasteiger partial charge in [0.2, 0.25) is 5.43 Å². The summed E-state index contributed by atoms with van der Waals surface area (Å²) in [5.74, 6) is 0.0215. The van der Waals surface area contributed by atoms with Gasteiger partial charge in [0.1, 0.15) is 17.0 Å². The van der Waals surface area contributed by atoms with Crippen molar-refractivity contribution in [2.45, 2.75) is 58.4 Å². The molecular weight excluding hydrogens is 430 g/mol. The number of nitrogens with zero attached hydrogens (tertiary/aromatic N) is 3. The smallest absolute Gasteiger partial charge is 0.259 e. The Morgan fingerprint density at radius 1 is 1.09 bits per heavy atom. The molecule has 1 aromatic carbocycles. The molecule has 0 bridgehead atoms. The fraction of sp³-hybridized carbons (Fsp3) is 0.462. The SMILES string of the molecule is CC[C@H](C)n1cc(C(=O)NCCc2nc3ccccc3[nH]2)c(=O)c(C(=O)N2CCCCCC2)c1. The van der Waals surface area contributed by atoms with Gasteiger partial charge in [0.25, 0.3) is 11.8 Å². The number of hydrogen-bond donors (Lipinski definition) is 2. The maximum absolute atomic E-state index is 13.3. The first-order valence-electron chi connectivity index (χ1n) is 12.2. The summed E-state index contributed by atoms with van der Waals surface area (Å²) < 4.78 is 1.82. The van der Waals surface area contributed by atoms with Gasteiger partial charge < -0.3 is 19.8 Å². The summed E-state index contributed by atoms with van der Waals surface area (Å²) in [4.78, 5) is 49.1. The minimum Gasteiger partial charge on any atom is -0.351 e. The zero-order chi connectivity index (χ0) is 24.1. The van der Waals surface area contributed by atoms with Crippen LogP contribution in [0.4, 0.5) is 0 Å². The maximum atomic E-state index is 13.3. The summed E-state index contributed by atoms with van der Waals surface area (Å²) in [6, 6.07) is 7.80. The molecule has 2 aromatic heterocycles. The lowest BCUT2D eigenvalue weighted by Crippen LogP contribution is -2.38. The van der Waals surface area contributed by atoms with Crippen LogP contribution in [0.15, 0.2) is 41.5 Å². The number of aromatic nitrogens is 3. The van der Waals surface area contributed by atoms with Crippen LogP contribution in [-0.4, -0.2) is 50.9 Å². The Hall–Kier alpha value is -3.42. The third kappa shape index (κ3) is 5.21. The lowest BCUT2D eigenvalue weighted by Gasteiger charge is -2.22. The van der Waals surface area contributed by atoms with Crippen molar-refractivity contribution in [3.8, 4) is 0 Å². The molecule has 1 aliphatic heterocycles. The van der Waals surface area contributed by atoms with Gasteiger partial charge in [-0.1, -0.05) is 31.9 Å². The number of aromatic amines is 1. The molecule has 0 aliphatic carbocycles. The van der Waals surface area contributed by atoms with Crippen molar-refractivity contribution in [2.75, 3.05) is 19.6 Å².